The van der Waals surface area contributed by atoms with E-state index in [4.69, 9.17) is 5.11 Å². The monoisotopic (exact) mass is 252 g/mol. The molecule has 0 amide bonds. The van der Waals surface area contributed by atoms with Crippen molar-refractivity contribution in [2.24, 2.45) is 5.92 Å². The molecule has 0 saturated carbocycles. The van der Waals surface area contributed by atoms with Crippen LogP contribution in [0.15, 0.2) is 0 Å². The van der Waals surface area contributed by atoms with Crippen LogP contribution in [0, 0.1) is 5.92 Å². The third-order valence-corrected chi connectivity index (χ3v) is 5.06. The minimum absolute atomic E-state index is 0.128. The van der Waals surface area contributed by atoms with Gasteiger partial charge in [-0.2, -0.15) is 0 Å². The highest BCUT2D eigenvalue weighted by molar-refractivity contribution is 5.70. The number of nitrogens with zero attached hydrogens (tertiary/aromatic N) is 2. The van der Waals surface area contributed by atoms with Crippen molar-refractivity contribution in [1.29, 1.82) is 0 Å². The molecule has 0 aliphatic carbocycles. The van der Waals surface area contributed by atoms with E-state index in [2.05, 4.69) is 9.80 Å². The Morgan fingerprint density at radius 1 is 0.944 bits per heavy atom. The third kappa shape index (κ3) is 2.41. The van der Waals surface area contributed by atoms with Crippen LogP contribution in [0.5, 0.6) is 0 Å². The predicted octanol–water partition coefficient (Wildman–Crippen LogP) is 1.41. The molecule has 18 heavy (non-hydrogen) atoms. The van der Waals surface area contributed by atoms with Gasteiger partial charge in [0.1, 0.15) is 0 Å². The number of carboxylic acid groups (broad SMARTS) is 1. The quantitative estimate of drug-likeness (QED) is 0.807. The first-order valence-corrected chi connectivity index (χ1v) is 7.45. The van der Waals surface area contributed by atoms with E-state index < -0.39 is 5.97 Å². The summed E-state index contributed by atoms with van der Waals surface area (Å²) in [5.41, 5.74) is 0. The second-order valence-electron chi connectivity index (χ2n) is 6.21. The first kappa shape index (κ1) is 12.4. The van der Waals surface area contributed by atoms with Crippen LogP contribution < -0.4 is 0 Å². The minimum Gasteiger partial charge on any atom is -0.481 e. The molecule has 0 bridgehead atoms. The van der Waals surface area contributed by atoms with Crippen LogP contribution in [0.1, 0.15) is 38.5 Å². The molecule has 102 valence electrons. The molecular formula is C14H24N2O2. The average molecular weight is 252 g/mol. The van der Waals surface area contributed by atoms with Gasteiger partial charge in [0.05, 0.1) is 5.92 Å². The van der Waals surface area contributed by atoms with Gasteiger partial charge in [0.15, 0.2) is 0 Å². The molecule has 1 N–H and O–H groups in total. The highest BCUT2D eigenvalue weighted by Crippen LogP contribution is 2.31. The molecule has 0 radical (unpaired) electrons. The average Bonchev–Trinajstić information content (AvgIpc) is 2.82. The number of carboxylic acids is 1. The van der Waals surface area contributed by atoms with E-state index in [0.29, 0.717) is 6.04 Å². The molecule has 3 heterocycles. The van der Waals surface area contributed by atoms with Crippen LogP contribution >= 0.6 is 0 Å². The van der Waals surface area contributed by atoms with Gasteiger partial charge in [0, 0.05) is 25.2 Å². The zero-order chi connectivity index (χ0) is 12.5. The maximum absolute atomic E-state index is 11.1. The second kappa shape index (κ2) is 5.17. The molecule has 3 rings (SSSR count). The summed E-state index contributed by atoms with van der Waals surface area (Å²) < 4.78 is 0. The van der Waals surface area contributed by atoms with E-state index in [1.54, 1.807) is 0 Å². The lowest BCUT2D eigenvalue weighted by Gasteiger charge is -2.35. The van der Waals surface area contributed by atoms with E-state index >= 15 is 0 Å². The van der Waals surface area contributed by atoms with Crippen molar-refractivity contribution in [2.45, 2.75) is 50.6 Å². The number of fused-ring (bicyclic) bond motifs is 1. The van der Waals surface area contributed by atoms with E-state index in [-0.39, 0.29) is 5.92 Å². The lowest BCUT2D eigenvalue weighted by atomic mass is 9.95. The zero-order valence-electron chi connectivity index (χ0n) is 11.1. The molecule has 0 aromatic heterocycles. The van der Waals surface area contributed by atoms with Gasteiger partial charge >= 0.3 is 5.97 Å². The summed E-state index contributed by atoms with van der Waals surface area (Å²) in [6.45, 7) is 4.32. The zero-order valence-corrected chi connectivity index (χ0v) is 11.1. The maximum atomic E-state index is 11.1. The van der Waals surface area contributed by atoms with Gasteiger partial charge in [-0.1, -0.05) is 6.42 Å². The van der Waals surface area contributed by atoms with E-state index in [9.17, 15) is 4.79 Å². The molecule has 4 nitrogen and oxygen atoms in total. The van der Waals surface area contributed by atoms with Gasteiger partial charge in [-0.25, -0.2) is 0 Å². The number of piperidine rings is 2. The lowest BCUT2D eigenvalue weighted by molar-refractivity contribution is -0.143. The summed E-state index contributed by atoms with van der Waals surface area (Å²) in [4.78, 5) is 16.2. The number of rotatable bonds is 2. The number of aliphatic carboxylic acids is 1. The van der Waals surface area contributed by atoms with Crippen LogP contribution in [0.25, 0.3) is 0 Å². The maximum Gasteiger partial charge on any atom is 0.307 e. The Morgan fingerprint density at radius 2 is 1.72 bits per heavy atom. The van der Waals surface area contributed by atoms with E-state index in [1.807, 2.05) is 0 Å². The van der Waals surface area contributed by atoms with Crippen LogP contribution in [0.4, 0.5) is 0 Å². The molecule has 3 fully saturated rings. The van der Waals surface area contributed by atoms with E-state index in [0.717, 1.165) is 32.0 Å². The van der Waals surface area contributed by atoms with Gasteiger partial charge in [0.2, 0.25) is 0 Å². The molecule has 4 heteroatoms. The molecule has 3 atom stereocenters. The predicted molar refractivity (Wildman–Crippen MR) is 69.5 cm³/mol. The molecule has 3 aliphatic heterocycles. The molecule has 3 unspecified atom stereocenters. The van der Waals surface area contributed by atoms with Crippen LogP contribution in [-0.4, -0.2) is 59.1 Å². The Morgan fingerprint density at radius 3 is 2.50 bits per heavy atom. The first-order chi connectivity index (χ1) is 8.74. The summed E-state index contributed by atoms with van der Waals surface area (Å²) in [6.07, 6.45) is 7.27. The van der Waals surface area contributed by atoms with Crippen molar-refractivity contribution in [3.8, 4) is 0 Å². The second-order valence-corrected chi connectivity index (χ2v) is 6.21. The number of likely N-dealkylation sites (tertiary alicyclic amines) is 1. The van der Waals surface area contributed by atoms with Gasteiger partial charge in [-0.05, 0) is 45.2 Å². The standard InChI is InChI=1S/C14H24N2O2/c17-14(18)11-4-3-7-15(9-11)13-8-12-5-1-2-6-16(12)10-13/h11-13H,1-10H2,(H,17,18). The van der Waals surface area contributed by atoms with Crippen LogP contribution in [0.2, 0.25) is 0 Å². The Hall–Kier alpha value is -0.610. The Balaban J connectivity index is 1.60. The molecule has 3 aliphatic rings. The SMILES string of the molecule is O=C(O)C1CCCN(C2CC3CCCCN3C2)C1. The number of carbonyl (C=O) groups is 1. The molecule has 0 aromatic rings. The van der Waals surface area contributed by atoms with Crippen molar-refractivity contribution in [1.82, 2.24) is 9.80 Å². The first-order valence-electron chi connectivity index (χ1n) is 7.45. The van der Waals surface area contributed by atoms with Crippen LogP contribution in [0.3, 0.4) is 0 Å². The van der Waals surface area contributed by atoms with E-state index in [1.165, 1.54) is 38.8 Å². The molecule has 0 spiro atoms. The molecule has 3 saturated heterocycles. The highest BCUT2D eigenvalue weighted by atomic mass is 16.4. The van der Waals surface area contributed by atoms with Gasteiger partial charge < -0.3 is 5.11 Å². The van der Waals surface area contributed by atoms with Crippen LogP contribution in [-0.2, 0) is 4.79 Å². The molecular weight excluding hydrogens is 228 g/mol. The normalized spacial score (nSPS) is 38.6. The van der Waals surface area contributed by atoms with Gasteiger partial charge in [0.25, 0.3) is 0 Å². The smallest absolute Gasteiger partial charge is 0.307 e. The summed E-state index contributed by atoms with van der Waals surface area (Å²) in [5, 5.41) is 9.17. The van der Waals surface area contributed by atoms with Crippen molar-refractivity contribution >= 4 is 5.97 Å². The van der Waals surface area contributed by atoms with Crippen molar-refractivity contribution in [3.05, 3.63) is 0 Å². The fourth-order valence-electron chi connectivity index (χ4n) is 4.03. The summed E-state index contributed by atoms with van der Waals surface area (Å²) in [6, 6.07) is 1.41. The topological polar surface area (TPSA) is 43.8 Å². The third-order valence-electron chi connectivity index (χ3n) is 5.06. The fourth-order valence-corrected chi connectivity index (χ4v) is 4.03. The Bertz CT molecular complexity index is 307. The summed E-state index contributed by atoms with van der Waals surface area (Å²) in [5.74, 6) is -0.730. The Kier molecular flexibility index (Phi) is 3.57. The molecule has 0 aromatic carbocycles. The van der Waals surface area contributed by atoms with Crippen molar-refractivity contribution in [3.63, 3.8) is 0 Å². The fraction of sp³-hybridized carbons (Fsp3) is 0.929. The number of hydrogen-bond donors (Lipinski definition) is 1. The van der Waals surface area contributed by atoms with Gasteiger partial charge in [-0.15, -0.1) is 0 Å². The van der Waals surface area contributed by atoms with Gasteiger partial charge in [-0.3, -0.25) is 14.6 Å². The largest absolute Gasteiger partial charge is 0.481 e. The van der Waals surface area contributed by atoms with Crippen molar-refractivity contribution < 1.29 is 9.90 Å². The Labute approximate surface area is 109 Å². The van der Waals surface area contributed by atoms with Crippen molar-refractivity contribution in [2.75, 3.05) is 26.2 Å². The summed E-state index contributed by atoms with van der Waals surface area (Å²) >= 11 is 0. The highest BCUT2D eigenvalue weighted by Gasteiger charge is 2.38. The minimum atomic E-state index is -0.601. The number of hydrogen-bond acceptors (Lipinski definition) is 3. The lowest BCUT2D eigenvalue weighted by Crippen LogP contribution is -2.45. The summed E-state index contributed by atoms with van der Waals surface area (Å²) in [7, 11) is 0.